The molecular formula is C17H22N2. The maximum atomic E-state index is 4.45. The molecule has 0 aliphatic carbocycles. The normalized spacial score (nSPS) is 11.9. The first-order chi connectivity index (χ1) is 8.88. The van der Waals surface area contributed by atoms with Crippen LogP contribution in [0.1, 0.15) is 51.7 Å². The Hall–Kier alpha value is -1.70. The van der Waals surface area contributed by atoms with Crippen molar-refractivity contribution in [2.24, 2.45) is 0 Å². The van der Waals surface area contributed by atoms with E-state index in [0.29, 0.717) is 5.92 Å². The molecular weight excluding hydrogens is 232 g/mol. The minimum absolute atomic E-state index is 0.181. The molecule has 2 heteroatoms. The SMILES string of the molecule is CC(C)c1cnc(-c2ccc(C(C)(C)C)cc2)nc1. The maximum Gasteiger partial charge on any atom is 0.159 e. The van der Waals surface area contributed by atoms with Crippen molar-refractivity contribution in [2.75, 3.05) is 0 Å². The standard InChI is InChI=1S/C17H22N2/c1-12(2)14-10-18-16(19-11-14)13-6-8-15(9-7-13)17(3,4)5/h6-12H,1-5H3. The third-order valence-electron chi connectivity index (χ3n) is 3.35. The second-order valence-electron chi connectivity index (χ2n) is 6.32. The highest BCUT2D eigenvalue weighted by Gasteiger charge is 2.13. The summed E-state index contributed by atoms with van der Waals surface area (Å²) in [5, 5.41) is 0. The number of hydrogen-bond donors (Lipinski definition) is 0. The molecule has 0 aliphatic heterocycles. The van der Waals surface area contributed by atoms with Gasteiger partial charge in [0.05, 0.1) is 0 Å². The van der Waals surface area contributed by atoms with Crippen LogP contribution in [0.5, 0.6) is 0 Å². The zero-order chi connectivity index (χ0) is 14.0. The smallest absolute Gasteiger partial charge is 0.159 e. The van der Waals surface area contributed by atoms with E-state index in [1.54, 1.807) is 0 Å². The number of nitrogens with zero attached hydrogens (tertiary/aromatic N) is 2. The zero-order valence-corrected chi connectivity index (χ0v) is 12.4. The van der Waals surface area contributed by atoms with Crippen molar-refractivity contribution in [1.82, 2.24) is 9.97 Å². The van der Waals surface area contributed by atoms with Gasteiger partial charge in [0, 0.05) is 18.0 Å². The zero-order valence-electron chi connectivity index (χ0n) is 12.4. The van der Waals surface area contributed by atoms with Crippen LogP contribution in [0.25, 0.3) is 11.4 Å². The third kappa shape index (κ3) is 3.19. The van der Waals surface area contributed by atoms with Gasteiger partial charge in [-0.3, -0.25) is 0 Å². The molecule has 2 rings (SSSR count). The van der Waals surface area contributed by atoms with Crippen molar-refractivity contribution in [1.29, 1.82) is 0 Å². The first-order valence-electron chi connectivity index (χ1n) is 6.81. The van der Waals surface area contributed by atoms with Crippen LogP contribution in [0.15, 0.2) is 36.7 Å². The van der Waals surface area contributed by atoms with Crippen molar-refractivity contribution in [3.05, 3.63) is 47.8 Å². The molecule has 100 valence electrons. The van der Waals surface area contributed by atoms with Crippen LogP contribution in [0.3, 0.4) is 0 Å². The lowest BCUT2D eigenvalue weighted by Crippen LogP contribution is -2.10. The van der Waals surface area contributed by atoms with Crippen molar-refractivity contribution in [3.63, 3.8) is 0 Å². The Morgan fingerprint density at radius 2 is 1.42 bits per heavy atom. The maximum absolute atomic E-state index is 4.45. The molecule has 1 aromatic heterocycles. The molecule has 0 atom stereocenters. The van der Waals surface area contributed by atoms with Gasteiger partial charge in [-0.25, -0.2) is 9.97 Å². The number of benzene rings is 1. The van der Waals surface area contributed by atoms with E-state index in [9.17, 15) is 0 Å². The molecule has 0 aliphatic rings. The second-order valence-corrected chi connectivity index (χ2v) is 6.32. The van der Waals surface area contributed by atoms with E-state index in [0.717, 1.165) is 11.4 Å². The summed E-state index contributed by atoms with van der Waals surface area (Å²) in [6, 6.07) is 8.53. The van der Waals surface area contributed by atoms with Crippen LogP contribution < -0.4 is 0 Å². The topological polar surface area (TPSA) is 25.8 Å². The largest absolute Gasteiger partial charge is 0.236 e. The second kappa shape index (κ2) is 5.12. The van der Waals surface area contributed by atoms with Gasteiger partial charge in [-0.05, 0) is 22.5 Å². The van der Waals surface area contributed by atoms with Gasteiger partial charge < -0.3 is 0 Å². The third-order valence-corrected chi connectivity index (χ3v) is 3.35. The number of hydrogen-bond acceptors (Lipinski definition) is 2. The molecule has 0 amide bonds. The lowest BCUT2D eigenvalue weighted by atomic mass is 9.87. The van der Waals surface area contributed by atoms with Gasteiger partial charge in [0.1, 0.15) is 0 Å². The molecule has 0 spiro atoms. The summed E-state index contributed by atoms with van der Waals surface area (Å²) in [6.45, 7) is 11.0. The monoisotopic (exact) mass is 254 g/mol. The van der Waals surface area contributed by atoms with Crippen molar-refractivity contribution in [3.8, 4) is 11.4 Å². The summed E-state index contributed by atoms with van der Waals surface area (Å²) >= 11 is 0. The van der Waals surface area contributed by atoms with Crippen LogP contribution in [0, 0.1) is 0 Å². The summed E-state index contributed by atoms with van der Waals surface area (Å²) in [5.41, 5.74) is 3.76. The summed E-state index contributed by atoms with van der Waals surface area (Å²) < 4.78 is 0. The van der Waals surface area contributed by atoms with Crippen LogP contribution in [0.4, 0.5) is 0 Å². The van der Waals surface area contributed by atoms with E-state index in [4.69, 9.17) is 0 Å². The number of aromatic nitrogens is 2. The van der Waals surface area contributed by atoms with Crippen molar-refractivity contribution >= 4 is 0 Å². The van der Waals surface area contributed by atoms with E-state index in [1.165, 1.54) is 11.1 Å². The Bertz CT molecular complexity index is 531. The predicted molar refractivity (Wildman–Crippen MR) is 80.3 cm³/mol. The van der Waals surface area contributed by atoms with Gasteiger partial charge >= 0.3 is 0 Å². The lowest BCUT2D eigenvalue weighted by Gasteiger charge is -2.19. The summed E-state index contributed by atoms with van der Waals surface area (Å²) in [5.74, 6) is 1.27. The summed E-state index contributed by atoms with van der Waals surface area (Å²) in [4.78, 5) is 8.90. The fraction of sp³-hybridized carbons (Fsp3) is 0.412. The molecule has 0 bridgehead atoms. The predicted octanol–water partition coefficient (Wildman–Crippen LogP) is 4.56. The minimum atomic E-state index is 0.181. The van der Waals surface area contributed by atoms with E-state index in [1.807, 2.05) is 12.4 Å². The molecule has 0 fully saturated rings. The first-order valence-corrected chi connectivity index (χ1v) is 6.81. The average Bonchev–Trinajstić information content (AvgIpc) is 2.38. The fourth-order valence-corrected chi connectivity index (χ4v) is 1.90. The lowest BCUT2D eigenvalue weighted by molar-refractivity contribution is 0.590. The Kier molecular flexibility index (Phi) is 3.70. The van der Waals surface area contributed by atoms with Gasteiger partial charge in [-0.1, -0.05) is 58.9 Å². The van der Waals surface area contributed by atoms with E-state index in [2.05, 4.69) is 68.9 Å². The molecule has 2 aromatic rings. The van der Waals surface area contributed by atoms with Crippen LogP contribution in [-0.2, 0) is 5.41 Å². The molecule has 1 heterocycles. The minimum Gasteiger partial charge on any atom is -0.236 e. The van der Waals surface area contributed by atoms with E-state index < -0.39 is 0 Å². The molecule has 0 saturated heterocycles. The molecule has 1 aromatic carbocycles. The van der Waals surface area contributed by atoms with Gasteiger partial charge in [-0.15, -0.1) is 0 Å². The van der Waals surface area contributed by atoms with Gasteiger partial charge in [0.25, 0.3) is 0 Å². The van der Waals surface area contributed by atoms with Crippen LogP contribution >= 0.6 is 0 Å². The summed E-state index contributed by atoms with van der Waals surface area (Å²) in [7, 11) is 0. The van der Waals surface area contributed by atoms with Gasteiger partial charge in [0.2, 0.25) is 0 Å². The molecule has 19 heavy (non-hydrogen) atoms. The van der Waals surface area contributed by atoms with Gasteiger partial charge in [-0.2, -0.15) is 0 Å². The molecule has 2 nitrogen and oxygen atoms in total. The number of rotatable bonds is 2. The van der Waals surface area contributed by atoms with Crippen molar-refractivity contribution in [2.45, 2.75) is 46.0 Å². The quantitative estimate of drug-likeness (QED) is 0.785. The Morgan fingerprint density at radius 1 is 0.895 bits per heavy atom. The summed E-state index contributed by atoms with van der Waals surface area (Å²) in [6.07, 6.45) is 3.84. The van der Waals surface area contributed by atoms with Gasteiger partial charge in [0.15, 0.2) is 5.82 Å². The van der Waals surface area contributed by atoms with E-state index in [-0.39, 0.29) is 5.41 Å². The first kappa shape index (κ1) is 13.7. The van der Waals surface area contributed by atoms with Crippen LogP contribution in [0.2, 0.25) is 0 Å². The average molecular weight is 254 g/mol. The Labute approximate surface area is 115 Å². The highest BCUT2D eigenvalue weighted by Crippen LogP contribution is 2.24. The molecule has 0 N–H and O–H groups in total. The Balaban J connectivity index is 2.27. The molecule has 0 saturated carbocycles. The van der Waals surface area contributed by atoms with Crippen LogP contribution in [-0.4, -0.2) is 9.97 Å². The van der Waals surface area contributed by atoms with Crippen molar-refractivity contribution < 1.29 is 0 Å². The highest BCUT2D eigenvalue weighted by molar-refractivity contribution is 5.55. The van der Waals surface area contributed by atoms with E-state index >= 15 is 0 Å². The molecule has 0 radical (unpaired) electrons. The molecule has 0 unspecified atom stereocenters. The Morgan fingerprint density at radius 3 is 1.84 bits per heavy atom. The highest BCUT2D eigenvalue weighted by atomic mass is 14.9. The fourth-order valence-electron chi connectivity index (χ4n) is 1.90.